The van der Waals surface area contributed by atoms with E-state index < -0.39 is 0 Å². The van der Waals surface area contributed by atoms with Gasteiger partial charge < -0.3 is 5.32 Å². The van der Waals surface area contributed by atoms with E-state index in [0.29, 0.717) is 11.0 Å². The second-order valence-corrected chi connectivity index (χ2v) is 6.40. The Balaban J connectivity index is 2.52. The highest BCUT2D eigenvalue weighted by molar-refractivity contribution is 7.15. The van der Waals surface area contributed by atoms with Crippen molar-refractivity contribution in [1.82, 2.24) is 10.2 Å². The molecule has 0 aliphatic rings. The van der Waals surface area contributed by atoms with Gasteiger partial charge in [-0.25, -0.2) is 0 Å². The minimum absolute atomic E-state index is 0.0863. The third-order valence-corrected chi connectivity index (χ3v) is 3.91. The first-order chi connectivity index (χ1) is 9.06. The third-order valence-electron chi connectivity index (χ3n) is 3.05. The van der Waals surface area contributed by atoms with Crippen LogP contribution in [0.1, 0.15) is 58.4 Å². The van der Waals surface area contributed by atoms with Crippen LogP contribution in [0, 0.1) is 11.8 Å². The molecule has 108 valence electrons. The van der Waals surface area contributed by atoms with Crippen LogP contribution in [-0.4, -0.2) is 16.1 Å². The van der Waals surface area contributed by atoms with Gasteiger partial charge in [0.25, 0.3) is 0 Å². The van der Waals surface area contributed by atoms with E-state index in [-0.39, 0.29) is 11.8 Å². The molecule has 1 heterocycles. The van der Waals surface area contributed by atoms with Crippen molar-refractivity contribution in [2.24, 2.45) is 11.8 Å². The molecule has 0 radical (unpaired) electrons. The fraction of sp³-hybridized carbons (Fsp3) is 0.786. The van der Waals surface area contributed by atoms with Crippen LogP contribution in [0.15, 0.2) is 0 Å². The summed E-state index contributed by atoms with van der Waals surface area (Å²) < 4.78 is 0. The van der Waals surface area contributed by atoms with E-state index in [1.807, 2.05) is 0 Å². The summed E-state index contributed by atoms with van der Waals surface area (Å²) in [4.78, 5) is 12.1. The van der Waals surface area contributed by atoms with Gasteiger partial charge in [-0.05, 0) is 18.8 Å². The molecule has 1 atom stereocenters. The van der Waals surface area contributed by atoms with Crippen molar-refractivity contribution in [3.05, 3.63) is 5.01 Å². The number of anilines is 1. The van der Waals surface area contributed by atoms with Gasteiger partial charge >= 0.3 is 0 Å². The van der Waals surface area contributed by atoms with Crippen molar-refractivity contribution < 1.29 is 4.79 Å². The topological polar surface area (TPSA) is 54.9 Å². The number of rotatable bonds is 8. The molecule has 0 spiro atoms. The second-order valence-electron chi connectivity index (χ2n) is 5.34. The van der Waals surface area contributed by atoms with Gasteiger partial charge in [0.2, 0.25) is 11.0 Å². The van der Waals surface area contributed by atoms with Crippen molar-refractivity contribution >= 4 is 22.4 Å². The molecule has 1 rings (SSSR count). The predicted octanol–water partition coefficient (Wildman–Crippen LogP) is 3.89. The minimum atomic E-state index is 0.0863. The summed E-state index contributed by atoms with van der Waals surface area (Å²) in [6.45, 7) is 8.51. The van der Waals surface area contributed by atoms with Crippen LogP contribution in [0.5, 0.6) is 0 Å². The average molecular weight is 283 g/mol. The SMILES string of the molecule is CCCC[C@H](CC)C(=O)Nc1nnc(CC(C)C)s1. The fourth-order valence-electron chi connectivity index (χ4n) is 1.91. The van der Waals surface area contributed by atoms with Crippen molar-refractivity contribution in [1.29, 1.82) is 0 Å². The minimum Gasteiger partial charge on any atom is -0.300 e. The monoisotopic (exact) mass is 283 g/mol. The van der Waals surface area contributed by atoms with E-state index in [1.165, 1.54) is 11.3 Å². The lowest BCUT2D eigenvalue weighted by Gasteiger charge is -2.12. The van der Waals surface area contributed by atoms with Crippen LogP contribution in [0.3, 0.4) is 0 Å². The Morgan fingerprint density at radius 2 is 2.05 bits per heavy atom. The van der Waals surface area contributed by atoms with Gasteiger partial charge in [0.1, 0.15) is 5.01 Å². The molecule has 0 saturated heterocycles. The maximum Gasteiger partial charge on any atom is 0.229 e. The molecule has 1 amide bonds. The quantitative estimate of drug-likeness (QED) is 0.787. The summed E-state index contributed by atoms with van der Waals surface area (Å²) in [6.07, 6.45) is 4.97. The number of amides is 1. The zero-order chi connectivity index (χ0) is 14.3. The summed E-state index contributed by atoms with van der Waals surface area (Å²) in [5.41, 5.74) is 0. The Bertz CT molecular complexity index is 390. The summed E-state index contributed by atoms with van der Waals surface area (Å²) in [6, 6.07) is 0. The Morgan fingerprint density at radius 1 is 1.32 bits per heavy atom. The largest absolute Gasteiger partial charge is 0.300 e. The Kier molecular flexibility index (Phi) is 6.99. The first-order valence-corrected chi connectivity index (χ1v) is 8.01. The number of nitrogens with zero attached hydrogens (tertiary/aromatic N) is 2. The number of nitrogens with one attached hydrogen (secondary N) is 1. The van der Waals surface area contributed by atoms with Gasteiger partial charge in [-0.2, -0.15) is 0 Å². The van der Waals surface area contributed by atoms with Crippen molar-refractivity contribution in [2.45, 2.75) is 59.8 Å². The molecule has 1 N–H and O–H groups in total. The molecule has 0 bridgehead atoms. The zero-order valence-electron chi connectivity index (χ0n) is 12.4. The average Bonchev–Trinajstić information content (AvgIpc) is 2.76. The number of aromatic nitrogens is 2. The molecular formula is C14H25N3OS. The Morgan fingerprint density at radius 3 is 2.63 bits per heavy atom. The molecule has 0 aliphatic heterocycles. The summed E-state index contributed by atoms with van der Waals surface area (Å²) >= 11 is 1.49. The molecule has 1 aromatic rings. The van der Waals surface area contributed by atoms with E-state index in [0.717, 1.165) is 37.1 Å². The molecule has 0 aliphatic carbocycles. The van der Waals surface area contributed by atoms with Crippen molar-refractivity contribution in [3.8, 4) is 0 Å². The molecule has 0 aromatic carbocycles. The van der Waals surface area contributed by atoms with Crippen LogP contribution in [0.4, 0.5) is 5.13 Å². The zero-order valence-corrected chi connectivity index (χ0v) is 13.2. The van der Waals surface area contributed by atoms with Gasteiger partial charge in [-0.15, -0.1) is 10.2 Å². The molecular weight excluding hydrogens is 258 g/mol. The number of unbranched alkanes of at least 4 members (excludes halogenated alkanes) is 1. The summed E-state index contributed by atoms with van der Waals surface area (Å²) in [5.74, 6) is 0.741. The van der Waals surface area contributed by atoms with E-state index in [9.17, 15) is 4.79 Å². The molecule has 1 aromatic heterocycles. The first-order valence-electron chi connectivity index (χ1n) is 7.20. The highest BCUT2D eigenvalue weighted by atomic mass is 32.1. The lowest BCUT2D eigenvalue weighted by atomic mass is 9.99. The van der Waals surface area contributed by atoms with E-state index in [4.69, 9.17) is 0 Å². The number of hydrogen-bond acceptors (Lipinski definition) is 4. The number of hydrogen-bond donors (Lipinski definition) is 1. The summed E-state index contributed by atoms with van der Waals surface area (Å²) in [5, 5.41) is 12.7. The van der Waals surface area contributed by atoms with Crippen LogP contribution in [0.25, 0.3) is 0 Å². The van der Waals surface area contributed by atoms with Gasteiger partial charge in [0.05, 0.1) is 0 Å². The lowest BCUT2D eigenvalue weighted by Crippen LogP contribution is -2.22. The second kappa shape index (κ2) is 8.25. The highest BCUT2D eigenvalue weighted by Crippen LogP contribution is 2.20. The Hall–Kier alpha value is -0.970. The van der Waals surface area contributed by atoms with E-state index in [2.05, 4.69) is 43.2 Å². The molecule has 0 unspecified atom stereocenters. The number of carbonyl (C=O) groups excluding carboxylic acids is 1. The molecule has 5 heteroatoms. The smallest absolute Gasteiger partial charge is 0.229 e. The van der Waals surface area contributed by atoms with Crippen molar-refractivity contribution in [2.75, 3.05) is 5.32 Å². The van der Waals surface area contributed by atoms with Crippen LogP contribution >= 0.6 is 11.3 Å². The van der Waals surface area contributed by atoms with Crippen LogP contribution < -0.4 is 5.32 Å². The standard InChI is InChI=1S/C14H25N3OS/c1-5-7-8-11(6-2)13(18)15-14-17-16-12(19-14)9-10(3)4/h10-11H,5-9H2,1-4H3,(H,15,17,18)/t11-/m0/s1. The highest BCUT2D eigenvalue weighted by Gasteiger charge is 2.17. The maximum absolute atomic E-state index is 12.1. The molecule has 19 heavy (non-hydrogen) atoms. The summed E-state index contributed by atoms with van der Waals surface area (Å²) in [7, 11) is 0. The van der Waals surface area contributed by atoms with Crippen LogP contribution in [-0.2, 0) is 11.2 Å². The predicted molar refractivity (Wildman–Crippen MR) is 80.4 cm³/mol. The van der Waals surface area contributed by atoms with Gasteiger partial charge in [-0.1, -0.05) is 51.9 Å². The van der Waals surface area contributed by atoms with E-state index in [1.54, 1.807) is 0 Å². The molecule has 0 fully saturated rings. The van der Waals surface area contributed by atoms with Crippen molar-refractivity contribution in [3.63, 3.8) is 0 Å². The van der Waals surface area contributed by atoms with Gasteiger partial charge in [0, 0.05) is 12.3 Å². The van der Waals surface area contributed by atoms with Gasteiger partial charge in [-0.3, -0.25) is 4.79 Å². The third kappa shape index (κ3) is 5.68. The maximum atomic E-state index is 12.1. The van der Waals surface area contributed by atoms with Crippen LogP contribution in [0.2, 0.25) is 0 Å². The Labute approximate surface area is 120 Å². The fourth-order valence-corrected chi connectivity index (χ4v) is 2.87. The first kappa shape index (κ1) is 16.1. The van der Waals surface area contributed by atoms with E-state index >= 15 is 0 Å². The molecule has 4 nitrogen and oxygen atoms in total. The number of carbonyl (C=O) groups is 1. The van der Waals surface area contributed by atoms with Gasteiger partial charge in [0.15, 0.2) is 0 Å². The normalized spacial score (nSPS) is 12.7. The molecule has 0 saturated carbocycles. The lowest BCUT2D eigenvalue weighted by molar-refractivity contribution is -0.120.